The summed E-state index contributed by atoms with van der Waals surface area (Å²) in [5.41, 5.74) is 3.72. The number of carbonyl (C=O) groups excluding carboxylic acids is 1. The molecule has 2 N–H and O–H groups in total. The van der Waals surface area contributed by atoms with Gasteiger partial charge in [-0.2, -0.15) is 10.2 Å². The molecule has 2 atom stereocenters. The molecule has 5 heterocycles. The van der Waals surface area contributed by atoms with Crippen molar-refractivity contribution >= 4 is 17.4 Å². The van der Waals surface area contributed by atoms with E-state index in [4.69, 9.17) is 14.5 Å². The van der Waals surface area contributed by atoms with E-state index in [0.717, 1.165) is 30.6 Å². The largest absolute Gasteiger partial charge is 0.379 e. The fourth-order valence-electron chi connectivity index (χ4n) is 4.91. The summed E-state index contributed by atoms with van der Waals surface area (Å²) in [5, 5.41) is 15.2. The Labute approximate surface area is 212 Å². The zero-order valence-corrected chi connectivity index (χ0v) is 20.7. The van der Waals surface area contributed by atoms with Gasteiger partial charge >= 0.3 is 0 Å². The molecule has 1 aromatic carbocycles. The third-order valence-electron chi connectivity index (χ3n) is 6.99. The molecule has 3 aromatic heterocycles. The lowest BCUT2D eigenvalue weighted by Gasteiger charge is -2.16. The van der Waals surface area contributed by atoms with Gasteiger partial charge in [0.15, 0.2) is 5.65 Å². The van der Waals surface area contributed by atoms with E-state index < -0.39 is 5.82 Å². The lowest BCUT2D eigenvalue weighted by atomic mass is 10.0. The lowest BCUT2D eigenvalue weighted by molar-refractivity contribution is 0.0963. The van der Waals surface area contributed by atoms with Crippen molar-refractivity contribution in [3.63, 3.8) is 0 Å². The average molecular weight is 506 g/mol. The van der Waals surface area contributed by atoms with E-state index in [0.29, 0.717) is 48.0 Å². The highest BCUT2D eigenvalue weighted by atomic mass is 19.1. The smallest absolute Gasteiger partial charge is 0.251 e. The Morgan fingerprint density at radius 2 is 1.89 bits per heavy atom. The van der Waals surface area contributed by atoms with Gasteiger partial charge in [0.1, 0.15) is 11.6 Å². The number of benzene rings is 1. The SMILES string of the molecule is CNC(=O)c1cc(C)c(F)c(-c2cnn3cc(-c4cnn(C5CCOC5)c4)c(NC4CCOC4)nc23)c1. The van der Waals surface area contributed by atoms with E-state index in [2.05, 4.69) is 20.8 Å². The van der Waals surface area contributed by atoms with Gasteiger partial charge in [0.2, 0.25) is 0 Å². The highest BCUT2D eigenvalue weighted by Gasteiger charge is 2.24. The number of ether oxygens (including phenoxy) is 2. The molecule has 0 spiro atoms. The topological polar surface area (TPSA) is 108 Å². The van der Waals surface area contributed by atoms with Gasteiger partial charge < -0.3 is 20.1 Å². The zero-order chi connectivity index (χ0) is 25.5. The van der Waals surface area contributed by atoms with Crippen molar-refractivity contribution in [3.05, 3.63) is 53.9 Å². The number of amides is 1. The Morgan fingerprint density at radius 3 is 2.65 bits per heavy atom. The number of aryl methyl sites for hydroxylation is 1. The Kier molecular flexibility index (Phi) is 6.09. The minimum atomic E-state index is -0.410. The molecule has 37 heavy (non-hydrogen) atoms. The molecular formula is C26H28FN7O3. The van der Waals surface area contributed by atoms with Crippen molar-refractivity contribution in [1.29, 1.82) is 0 Å². The highest BCUT2D eigenvalue weighted by molar-refractivity contribution is 5.96. The number of hydrogen-bond acceptors (Lipinski definition) is 7. The predicted molar refractivity (Wildman–Crippen MR) is 135 cm³/mol. The molecule has 2 unspecified atom stereocenters. The van der Waals surface area contributed by atoms with Crippen LogP contribution in [0.25, 0.3) is 27.9 Å². The molecule has 2 fully saturated rings. The van der Waals surface area contributed by atoms with Crippen LogP contribution in [0.2, 0.25) is 0 Å². The number of hydrogen-bond donors (Lipinski definition) is 2. The van der Waals surface area contributed by atoms with Crippen LogP contribution in [0.4, 0.5) is 10.2 Å². The molecule has 2 aliphatic heterocycles. The average Bonchev–Trinajstić information content (AvgIpc) is 3.72. The Hall–Kier alpha value is -3.83. The third kappa shape index (κ3) is 4.34. The number of fused-ring (bicyclic) bond motifs is 1. The fraction of sp³-hybridized carbons (Fsp3) is 0.385. The first-order chi connectivity index (χ1) is 18.0. The predicted octanol–water partition coefficient (Wildman–Crippen LogP) is 3.23. The summed E-state index contributed by atoms with van der Waals surface area (Å²) in [6, 6.07) is 3.39. The molecule has 10 nitrogen and oxygen atoms in total. The third-order valence-corrected chi connectivity index (χ3v) is 6.99. The maximum absolute atomic E-state index is 15.3. The van der Waals surface area contributed by atoms with E-state index in [-0.39, 0.29) is 23.6 Å². The minimum absolute atomic E-state index is 0.105. The van der Waals surface area contributed by atoms with Gasteiger partial charge in [-0.15, -0.1) is 0 Å². The van der Waals surface area contributed by atoms with Crippen LogP contribution in [0.1, 0.15) is 34.8 Å². The zero-order valence-electron chi connectivity index (χ0n) is 20.7. The summed E-state index contributed by atoms with van der Waals surface area (Å²) in [6.45, 7) is 4.28. The van der Waals surface area contributed by atoms with Crippen LogP contribution in [0, 0.1) is 12.7 Å². The van der Waals surface area contributed by atoms with Crippen molar-refractivity contribution in [3.8, 4) is 22.3 Å². The summed E-state index contributed by atoms with van der Waals surface area (Å²) in [7, 11) is 1.55. The number of aromatic nitrogens is 5. The van der Waals surface area contributed by atoms with Crippen molar-refractivity contribution < 1.29 is 18.7 Å². The monoisotopic (exact) mass is 505 g/mol. The van der Waals surface area contributed by atoms with Gasteiger partial charge in [-0.1, -0.05) is 0 Å². The van der Waals surface area contributed by atoms with Gasteiger partial charge in [0, 0.05) is 60.5 Å². The summed E-state index contributed by atoms with van der Waals surface area (Å²) in [4.78, 5) is 17.2. The van der Waals surface area contributed by atoms with Crippen molar-refractivity contribution in [2.75, 3.05) is 38.8 Å². The van der Waals surface area contributed by atoms with Crippen LogP contribution in [0.5, 0.6) is 0 Å². The summed E-state index contributed by atoms with van der Waals surface area (Å²) >= 11 is 0. The second-order valence-electron chi connectivity index (χ2n) is 9.49. The van der Waals surface area contributed by atoms with Gasteiger partial charge in [-0.3, -0.25) is 9.48 Å². The Bertz CT molecular complexity index is 1470. The summed E-state index contributed by atoms with van der Waals surface area (Å²) in [5.74, 6) is -0.0527. The van der Waals surface area contributed by atoms with Gasteiger partial charge in [0.25, 0.3) is 5.91 Å². The van der Waals surface area contributed by atoms with Crippen LogP contribution in [0.3, 0.4) is 0 Å². The molecule has 2 aliphatic rings. The molecule has 4 aromatic rings. The standard InChI is InChI=1S/C26H28FN7O3/c1-15-7-16(26(35)28-2)8-20(23(15)27)21-10-30-34-12-22(17-9-29-33(11-17)19-4-6-37-14-19)24(32-25(21)34)31-18-3-5-36-13-18/h7-12,18-19H,3-6,13-14H2,1-2H3,(H,28,35)(H,31,32). The van der Waals surface area contributed by atoms with Crippen molar-refractivity contribution in [2.24, 2.45) is 0 Å². The molecule has 2 saturated heterocycles. The molecule has 192 valence electrons. The lowest BCUT2D eigenvalue weighted by Crippen LogP contribution is -2.20. The molecule has 1 amide bonds. The second-order valence-corrected chi connectivity index (χ2v) is 9.49. The van der Waals surface area contributed by atoms with Crippen LogP contribution in [-0.4, -0.2) is 69.8 Å². The van der Waals surface area contributed by atoms with E-state index in [9.17, 15) is 4.79 Å². The number of carbonyl (C=O) groups is 1. The summed E-state index contributed by atoms with van der Waals surface area (Å²) in [6.07, 6.45) is 9.06. The number of nitrogens with one attached hydrogen (secondary N) is 2. The van der Waals surface area contributed by atoms with Gasteiger partial charge in [-0.25, -0.2) is 13.9 Å². The Balaban J connectivity index is 1.47. The molecule has 6 rings (SSSR count). The van der Waals surface area contributed by atoms with Crippen LogP contribution < -0.4 is 10.6 Å². The minimum Gasteiger partial charge on any atom is -0.379 e. The van der Waals surface area contributed by atoms with E-state index in [1.54, 1.807) is 30.8 Å². The van der Waals surface area contributed by atoms with E-state index in [1.807, 2.05) is 23.3 Å². The maximum atomic E-state index is 15.3. The molecule has 11 heteroatoms. The first-order valence-corrected chi connectivity index (χ1v) is 12.4. The first kappa shape index (κ1) is 23.6. The fourth-order valence-corrected chi connectivity index (χ4v) is 4.91. The highest BCUT2D eigenvalue weighted by Crippen LogP contribution is 2.34. The maximum Gasteiger partial charge on any atom is 0.251 e. The number of halogens is 1. The van der Waals surface area contributed by atoms with Crippen molar-refractivity contribution in [2.45, 2.75) is 31.8 Å². The van der Waals surface area contributed by atoms with Gasteiger partial charge in [0.05, 0.1) is 37.7 Å². The first-order valence-electron chi connectivity index (χ1n) is 12.4. The molecule has 0 saturated carbocycles. The normalized spacial score (nSPS) is 19.5. The Morgan fingerprint density at radius 1 is 1.05 bits per heavy atom. The van der Waals surface area contributed by atoms with Gasteiger partial charge in [-0.05, 0) is 37.5 Å². The molecule has 0 aliphatic carbocycles. The van der Waals surface area contributed by atoms with Crippen LogP contribution in [0.15, 0.2) is 36.9 Å². The second kappa shape index (κ2) is 9.56. The molecule has 0 bridgehead atoms. The van der Waals surface area contributed by atoms with E-state index in [1.165, 1.54) is 6.07 Å². The molecular weight excluding hydrogens is 477 g/mol. The van der Waals surface area contributed by atoms with Crippen molar-refractivity contribution in [1.82, 2.24) is 29.7 Å². The number of anilines is 1. The quantitative estimate of drug-likeness (QED) is 0.414. The number of nitrogens with zero attached hydrogens (tertiary/aromatic N) is 5. The van der Waals surface area contributed by atoms with Crippen LogP contribution in [-0.2, 0) is 9.47 Å². The van der Waals surface area contributed by atoms with Crippen LogP contribution >= 0.6 is 0 Å². The van der Waals surface area contributed by atoms with E-state index >= 15 is 4.39 Å². The molecule has 0 radical (unpaired) electrons. The number of rotatable bonds is 6. The summed E-state index contributed by atoms with van der Waals surface area (Å²) < 4.78 is 30.0.